The van der Waals surface area contributed by atoms with E-state index in [9.17, 15) is 9.90 Å². The van der Waals surface area contributed by atoms with Crippen LogP contribution in [0.4, 0.5) is 0 Å². The Morgan fingerprint density at radius 2 is 1.95 bits per heavy atom. The number of fused-ring (bicyclic) bond motifs is 1. The fourth-order valence-corrected chi connectivity index (χ4v) is 2.15. The van der Waals surface area contributed by atoms with E-state index < -0.39 is 5.97 Å². The van der Waals surface area contributed by atoms with Gasteiger partial charge in [0.2, 0.25) is 0 Å². The van der Waals surface area contributed by atoms with Crippen molar-refractivity contribution in [2.24, 2.45) is 0 Å². The van der Waals surface area contributed by atoms with E-state index in [2.05, 4.69) is 15.4 Å². The quantitative estimate of drug-likeness (QED) is 0.721. The number of esters is 1. The predicted molar refractivity (Wildman–Crippen MR) is 76.9 cm³/mol. The third-order valence-corrected chi connectivity index (χ3v) is 3.11. The lowest BCUT2D eigenvalue weighted by molar-refractivity contribution is 0.0520. The van der Waals surface area contributed by atoms with E-state index in [4.69, 9.17) is 4.74 Å². The molecule has 0 amide bonds. The highest BCUT2D eigenvalue weighted by molar-refractivity contribution is 5.96. The third kappa shape index (κ3) is 2.43. The molecule has 0 unspecified atom stereocenters. The summed E-state index contributed by atoms with van der Waals surface area (Å²) in [6.45, 7) is 2.02. The first-order valence-electron chi connectivity index (χ1n) is 6.50. The average molecular weight is 283 g/mol. The summed E-state index contributed by atoms with van der Waals surface area (Å²) in [5.41, 5.74) is 1.36. The minimum atomic E-state index is -0.507. The molecule has 0 saturated carbocycles. The van der Waals surface area contributed by atoms with Gasteiger partial charge in [-0.15, -0.1) is 5.10 Å². The highest BCUT2D eigenvalue weighted by atomic mass is 16.5. The second kappa shape index (κ2) is 5.24. The zero-order valence-corrected chi connectivity index (χ0v) is 11.3. The van der Waals surface area contributed by atoms with Gasteiger partial charge in [0.1, 0.15) is 11.4 Å². The van der Waals surface area contributed by atoms with Crippen molar-refractivity contribution >= 4 is 16.7 Å². The molecule has 0 bridgehead atoms. The number of ether oxygens (including phenoxy) is 1. The first-order chi connectivity index (χ1) is 10.2. The number of rotatable bonds is 3. The van der Waals surface area contributed by atoms with Gasteiger partial charge < -0.3 is 9.84 Å². The van der Waals surface area contributed by atoms with Crippen molar-refractivity contribution in [3.8, 4) is 17.0 Å². The fourth-order valence-electron chi connectivity index (χ4n) is 2.15. The van der Waals surface area contributed by atoms with E-state index >= 15 is 0 Å². The number of phenols is 1. The summed E-state index contributed by atoms with van der Waals surface area (Å²) in [7, 11) is 0. The molecule has 6 nitrogen and oxygen atoms in total. The van der Waals surface area contributed by atoms with E-state index in [0.29, 0.717) is 5.69 Å². The van der Waals surface area contributed by atoms with E-state index in [0.717, 1.165) is 16.3 Å². The summed E-state index contributed by atoms with van der Waals surface area (Å²) >= 11 is 0. The lowest BCUT2D eigenvalue weighted by Crippen LogP contribution is -2.06. The Morgan fingerprint density at radius 1 is 1.19 bits per heavy atom. The number of aromatic hydroxyl groups is 1. The second-order valence-corrected chi connectivity index (χ2v) is 4.49. The molecule has 2 N–H and O–H groups in total. The minimum Gasteiger partial charge on any atom is -0.508 e. The number of carbonyl (C=O) groups excluding carboxylic acids is 1. The van der Waals surface area contributed by atoms with Crippen LogP contribution in [-0.2, 0) is 4.74 Å². The summed E-state index contributed by atoms with van der Waals surface area (Å²) in [5.74, 6) is -0.295. The number of nitrogens with one attached hydrogen (secondary N) is 1. The van der Waals surface area contributed by atoms with Gasteiger partial charge in [0.25, 0.3) is 0 Å². The van der Waals surface area contributed by atoms with Gasteiger partial charge in [0.05, 0.1) is 6.61 Å². The summed E-state index contributed by atoms with van der Waals surface area (Å²) in [4.78, 5) is 11.8. The molecule has 2 aromatic carbocycles. The van der Waals surface area contributed by atoms with Gasteiger partial charge in [-0.3, -0.25) is 0 Å². The van der Waals surface area contributed by atoms with Crippen molar-refractivity contribution in [3.63, 3.8) is 0 Å². The molecular weight excluding hydrogens is 270 g/mol. The van der Waals surface area contributed by atoms with Crippen LogP contribution in [0.1, 0.15) is 17.4 Å². The first-order valence-corrected chi connectivity index (χ1v) is 6.50. The lowest BCUT2D eigenvalue weighted by Gasteiger charge is -2.04. The van der Waals surface area contributed by atoms with Crippen molar-refractivity contribution in [1.82, 2.24) is 15.4 Å². The Balaban J connectivity index is 2.07. The number of carbonyl (C=O) groups is 1. The highest BCUT2D eigenvalue weighted by Crippen LogP contribution is 2.27. The highest BCUT2D eigenvalue weighted by Gasteiger charge is 2.19. The van der Waals surface area contributed by atoms with Crippen LogP contribution in [0.2, 0.25) is 0 Å². The summed E-state index contributed by atoms with van der Waals surface area (Å²) in [5, 5.41) is 21.6. The Kier molecular flexibility index (Phi) is 3.27. The van der Waals surface area contributed by atoms with Crippen LogP contribution in [0.5, 0.6) is 5.75 Å². The van der Waals surface area contributed by atoms with Crippen LogP contribution in [0, 0.1) is 0 Å². The molecule has 0 aliphatic carbocycles. The molecule has 0 atom stereocenters. The van der Waals surface area contributed by atoms with Crippen molar-refractivity contribution in [2.45, 2.75) is 6.92 Å². The largest absolute Gasteiger partial charge is 0.508 e. The number of hydrogen-bond donors (Lipinski definition) is 2. The molecule has 3 rings (SSSR count). The molecule has 1 heterocycles. The summed E-state index contributed by atoms with van der Waals surface area (Å²) in [6, 6.07) is 10.7. The molecule has 3 aromatic rings. The minimum absolute atomic E-state index is 0.162. The molecule has 0 spiro atoms. The van der Waals surface area contributed by atoms with E-state index in [1.165, 1.54) is 0 Å². The molecule has 0 aliphatic rings. The van der Waals surface area contributed by atoms with E-state index in [-0.39, 0.29) is 18.1 Å². The van der Waals surface area contributed by atoms with Gasteiger partial charge in [-0.25, -0.2) is 4.79 Å². The van der Waals surface area contributed by atoms with Crippen molar-refractivity contribution in [2.75, 3.05) is 6.61 Å². The first kappa shape index (κ1) is 13.1. The van der Waals surface area contributed by atoms with Gasteiger partial charge in [0, 0.05) is 5.56 Å². The van der Waals surface area contributed by atoms with Crippen LogP contribution in [0.15, 0.2) is 36.4 Å². The van der Waals surface area contributed by atoms with Crippen LogP contribution in [0.3, 0.4) is 0 Å². The van der Waals surface area contributed by atoms with Gasteiger partial charge in [0.15, 0.2) is 5.69 Å². The molecule has 0 aliphatic heterocycles. The van der Waals surface area contributed by atoms with E-state index in [1.54, 1.807) is 25.1 Å². The van der Waals surface area contributed by atoms with Gasteiger partial charge in [-0.1, -0.05) is 18.2 Å². The maximum atomic E-state index is 11.8. The number of phenolic OH excluding ortho intramolecular Hbond substituents is 1. The summed E-state index contributed by atoms with van der Waals surface area (Å²) < 4.78 is 4.96. The number of H-pyrrole nitrogens is 1. The number of hydrogen-bond acceptors (Lipinski definition) is 5. The zero-order valence-electron chi connectivity index (χ0n) is 11.3. The number of nitrogens with zero attached hydrogens (tertiary/aromatic N) is 2. The zero-order chi connectivity index (χ0) is 14.8. The average Bonchev–Trinajstić information content (AvgIpc) is 2.96. The molecule has 0 radical (unpaired) electrons. The smallest absolute Gasteiger partial charge is 0.361 e. The van der Waals surface area contributed by atoms with Crippen LogP contribution in [0.25, 0.3) is 22.0 Å². The van der Waals surface area contributed by atoms with Crippen molar-refractivity contribution in [3.05, 3.63) is 42.1 Å². The Labute approximate surface area is 120 Å². The van der Waals surface area contributed by atoms with Crippen LogP contribution in [-0.4, -0.2) is 33.1 Å². The lowest BCUT2D eigenvalue weighted by atomic mass is 10.0. The normalized spacial score (nSPS) is 10.7. The molecule has 6 heteroatoms. The molecule has 21 heavy (non-hydrogen) atoms. The van der Waals surface area contributed by atoms with Gasteiger partial charge in [-0.05, 0) is 35.9 Å². The van der Waals surface area contributed by atoms with Crippen molar-refractivity contribution in [1.29, 1.82) is 0 Å². The molecule has 1 aromatic heterocycles. The molecule has 0 saturated heterocycles. The topological polar surface area (TPSA) is 88.1 Å². The second-order valence-electron chi connectivity index (χ2n) is 4.49. The Hall–Kier alpha value is -2.89. The number of aromatic nitrogens is 3. The molecular formula is C15H13N3O3. The monoisotopic (exact) mass is 283 g/mol. The molecule has 0 fully saturated rings. The Morgan fingerprint density at radius 3 is 2.76 bits per heavy atom. The number of benzene rings is 2. The molecule has 106 valence electrons. The Bertz CT molecular complexity index is 811. The van der Waals surface area contributed by atoms with Gasteiger partial charge in [-0.2, -0.15) is 10.3 Å². The maximum absolute atomic E-state index is 11.8. The standard InChI is InChI=1S/C15H13N3O3/c1-2-21-15(20)14-13(16-18-17-14)11-4-3-10-8-12(19)6-5-9(10)7-11/h3-8,19H,2H2,1H3,(H,16,17,18). The maximum Gasteiger partial charge on any atom is 0.361 e. The van der Waals surface area contributed by atoms with Crippen LogP contribution < -0.4 is 0 Å². The number of aromatic amines is 1. The third-order valence-electron chi connectivity index (χ3n) is 3.11. The van der Waals surface area contributed by atoms with Crippen LogP contribution >= 0.6 is 0 Å². The predicted octanol–water partition coefficient (Wildman–Crippen LogP) is 2.51. The summed E-state index contributed by atoms with van der Waals surface area (Å²) in [6.07, 6.45) is 0. The van der Waals surface area contributed by atoms with E-state index in [1.807, 2.05) is 18.2 Å². The fraction of sp³-hybridized carbons (Fsp3) is 0.133. The SMILES string of the molecule is CCOC(=O)c1n[nH]nc1-c1ccc2cc(O)ccc2c1. The van der Waals surface area contributed by atoms with Gasteiger partial charge >= 0.3 is 5.97 Å². The van der Waals surface area contributed by atoms with Crippen molar-refractivity contribution < 1.29 is 14.6 Å².